The lowest BCUT2D eigenvalue weighted by Crippen LogP contribution is -2.56. The molecule has 1 fully saturated rings. The van der Waals surface area contributed by atoms with Crippen LogP contribution in [0.2, 0.25) is 0 Å². The molecule has 1 aromatic heterocycles. The van der Waals surface area contributed by atoms with Gasteiger partial charge in [-0.15, -0.1) is 11.3 Å². The van der Waals surface area contributed by atoms with E-state index >= 15 is 0 Å². The smallest absolute Gasteiger partial charge is 0.496 e. The van der Waals surface area contributed by atoms with Crippen LogP contribution in [0.5, 0.6) is 23.0 Å². The van der Waals surface area contributed by atoms with E-state index in [4.69, 9.17) is 19.4 Å². The average Bonchev–Trinajstić information content (AvgIpc) is 3.53. The summed E-state index contributed by atoms with van der Waals surface area (Å²) in [4.78, 5) is 27.3. The van der Waals surface area contributed by atoms with Crippen LogP contribution in [0.3, 0.4) is 0 Å². The number of primary amides is 1. The molecular formula is C36H42N4O8S2+2. The number of ether oxygens (including phenoxy) is 2. The van der Waals surface area contributed by atoms with E-state index in [0.29, 0.717) is 46.7 Å². The third-order valence-electron chi connectivity index (χ3n) is 8.57. The molecule has 0 bridgehead atoms. The van der Waals surface area contributed by atoms with E-state index in [0.717, 1.165) is 41.1 Å². The van der Waals surface area contributed by atoms with E-state index in [9.17, 15) is 23.1 Å². The van der Waals surface area contributed by atoms with Crippen molar-refractivity contribution in [2.45, 2.75) is 43.0 Å². The molecule has 0 aliphatic carbocycles. The number of hydrogen-bond donors (Lipinski definition) is 3. The fraction of sp³-hybridized carbons (Fsp3) is 0.306. The minimum Gasteiger partial charge on any atom is -0.508 e. The Morgan fingerprint density at radius 2 is 1.68 bits per heavy atom. The number of likely N-dealkylation sites (tertiary alicyclic amines) is 1. The predicted octanol–water partition coefficient (Wildman–Crippen LogP) is 5.07. The van der Waals surface area contributed by atoms with Crippen molar-refractivity contribution >= 4 is 44.8 Å². The number of nitrogens with two attached hydrogens (primary N) is 1. The van der Waals surface area contributed by atoms with Gasteiger partial charge in [0.05, 0.1) is 27.8 Å². The Kier molecular flexibility index (Phi) is 11.1. The number of hydrogen-bond acceptors (Lipinski definition) is 9. The topological polar surface area (TPSA) is 157 Å². The molecule has 2 atom stereocenters. The Morgan fingerprint density at radius 1 is 1.00 bits per heavy atom. The van der Waals surface area contributed by atoms with Crippen LogP contribution < -0.4 is 24.7 Å². The molecule has 1 aliphatic rings. The molecule has 0 radical (unpaired) electrons. The number of amides is 3. The van der Waals surface area contributed by atoms with Crippen molar-refractivity contribution in [3.63, 3.8) is 0 Å². The fourth-order valence-electron chi connectivity index (χ4n) is 6.18. The molecule has 4 aromatic rings. The van der Waals surface area contributed by atoms with E-state index in [1.165, 1.54) is 47.0 Å². The second-order valence-electron chi connectivity index (χ2n) is 12.6. The van der Waals surface area contributed by atoms with E-state index < -0.39 is 28.1 Å². The first kappa shape index (κ1) is 36.4. The number of nitrogens with zero attached hydrogens (tertiary/aromatic N) is 2. The van der Waals surface area contributed by atoms with Crippen molar-refractivity contribution in [2.24, 2.45) is 5.73 Å². The summed E-state index contributed by atoms with van der Waals surface area (Å²) in [6.45, 7) is 3.73. The number of piperidine rings is 1. The number of rotatable bonds is 12. The second kappa shape index (κ2) is 15.3. The number of urea groups is 1. The zero-order valence-electron chi connectivity index (χ0n) is 28.4. The van der Waals surface area contributed by atoms with Crippen LogP contribution in [0, 0.1) is 6.92 Å². The van der Waals surface area contributed by atoms with Crippen LogP contribution in [-0.4, -0.2) is 80.6 Å². The van der Waals surface area contributed by atoms with E-state index in [1.54, 1.807) is 38.7 Å². The van der Waals surface area contributed by atoms with Gasteiger partial charge in [-0.25, -0.2) is 5.32 Å². The van der Waals surface area contributed by atoms with Crippen LogP contribution in [0.25, 0.3) is 0 Å². The maximum Gasteiger partial charge on any atom is 0.496 e. The number of benzene rings is 3. The minimum atomic E-state index is -4.01. The summed E-state index contributed by atoms with van der Waals surface area (Å²) in [6.07, 6.45) is 1.45. The number of aryl methyl sites for hydroxylation is 1. The number of nitrogens with one attached hydrogen (secondary N) is 1. The number of methoxy groups -OCH3 is 2. The number of aromatic hydroxyl groups is 1. The highest BCUT2D eigenvalue weighted by Gasteiger charge is 2.39. The van der Waals surface area contributed by atoms with Gasteiger partial charge in [0.25, 0.3) is 5.91 Å². The Bertz CT molecular complexity index is 1990. The first-order valence-corrected chi connectivity index (χ1v) is 18.2. The van der Waals surface area contributed by atoms with Crippen LogP contribution in [0.15, 0.2) is 82.4 Å². The standard InChI is InChI=1S/C36H40N4O8S2/c1-24-18-34(49-23-24)50(44,45)48-30-14-10-27(11-15-30)38-36(43)39(31(35(37)42)19-25-7-12-29(41)13-8-25)28-6-5-17-40(2,22-28)21-26-9-16-32(46-3)33(20-26)47-4/h7-16,18,20,23,31H,5-6,17,19,21-22H2,1-4H3,(H2-2,37,38,41,42,43)/p+2/b39-28+/t31-,40?/m0/s1. The van der Waals surface area contributed by atoms with Crippen molar-refractivity contribution < 1.29 is 45.8 Å². The second-order valence-corrected chi connectivity index (χ2v) is 15.3. The predicted molar refractivity (Wildman–Crippen MR) is 191 cm³/mol. The Morgan fingerprint density at radius 3 is 2.30 bits per heavy atom. The summed E-state index contributed by atoms with van der Waals surface area (Å²) in [6, 6.07) is 18.1. The van der Waals surface area contributed by atoms with Crippen molar-refractivity contribution in [1.82, 2.24) is 0 Å². The van der Waals surface area contributed by atoms with Crippen molar-refractivity contribution in [1.29, 1.82) is 0 Å². The van der Waals surface area contributed by atoms with Gasteiger partial charge in [-0.1, -0.05) is 12.1 Å². The highest BCUT2D eigenvalue weighted by molar-refractivity contribution is 7.89. The zero-order valence-corrected chi connectivity index (χ0v) is 30.1. The number of carbonyl (C=O) groups excluding carboxylic acids is 2. The highest BCUT2D eigenvalue weighted by atomic mass is 32.3. The zero-order chi connectivity index (χ0) is 36.1. The monoisotopic (exact) mass is 722 g/mol. The first-order chi connectivity index (χ1) is 23.8. The van der Waals surface area contributed by atoms with Gasteiger partial charge in [0.15, 0.2) is 21.8 Å². The third kappa shape index (κ3) is 8.80. The number of thiophene rings is 1. The lowest BCUT2D eigenvalue weighted by Gasteiger charge is -2.38. The molecule has 0 spiro atoms. The van der Waals surface area contributed by atoms with Crippen LogP contribution in [-0.2, 0) is 27.9 Å². The van der Waals surface area contributed by atoms with Crippen molar-refractivity contribution in [3.05, 3.63) is 94.9 Å². The Labute approximate surface area is 296 Å². The lowest BCUT2D eigenvalue weighted by atomic mass is 10.0. The Hall–Kier alpha value is -4.92. The molecular weight excluding hydrogens is 681 g/mol. The number of phenolic OH excluding ortho intramolecular Hbond substituents is 1. The molecule has 12 nitrogen and oxygen atoms in total. The average molecular weight is 723 g/mol. The van der Waals surface area contributed by atoms with E-state index in [2.05, 4.69) is 12.4 Å². The maximum atomic E-state index is 14.2. The number of carbonyl (C=O) groups is 2. The molecule has 1 saturated heterocycles. The van der Waals surface area contributed by atoms with Gasteiger partial charge >= 0.3 is 16.1 Å². The molecule has 5 rings (SSSR count). The van der Waals surface area contributed by atoms with Gasteiger partial charge in [0.2, 0.25) is 0 Å². The number of phenols is 1. The van der Waals surface area contributed by atoms with Crippen LogP contribution >= 0.6 is 11.3 Å². The maximum absolute atomic E-state index is 14.2. The van der Waals surface area contributed by atoms with Crippen molar-refractivity contribution in [3.8, 4) is 23.0 Å². The Balaban J connectivity index is 1.45. The molecule has 264 valence electrons. The van der Waals surface area contributed by atoms with Gasteiger partial charge in [0.1, 0.15) is 36.0 Å². The first-order valence-electron chi connectivity index (χ1n) is 16.0. The van der Waals surface area contributed by atoms with Gasteiger partial charge in [-0.3, -0.25) is 4.79 Å². The molecule has 50 heavy (non-hydrogen) atoms. The summed E-state index contributed by atoms with van der Waals surface area (Å²) in [5.41, 5.74) is 9.67. The quantitative estimate of drug-likeness (QED) is 0.104. The molecule has 0 saturated carbocycles. The molecule has 1 aliphatic heterocycles. The molecule has 14 heteroatoms. The van der Waals surface area contributed by atoms with Crippen LogP contribution in [0.1, 0.15) is 29.5 Å². The SMILES string of the molecule is COc1ccc(C[N+]2(C)CCC/C(=[N+](\C(=O)Nc3ccc(OS(=O)(=O)c4cc(C)cs4)cc3)[C@@H](Cc3ccc(O)cc3)C(N)=O)C2)cc1OC. The van der Waals surface area contributed by atoms with E-state index in [-0.39, 0.29) is 22.1 Å². The lowest BCUT2D eigenvalue weighted by molar-refractivity contribution is -0.918. The molecule has 4 N–H and O–H groups in total. The number of quaternary nitrogens is 1. The highest BCUT2D eigenvalue weighted by Crippen LogP contribution is 2.30. The summed E-state index contributed by atoms with van der Waals surface area (Å²) in [7, 11) is 1.27. The molecule has 3 aromatic carbocycles. The van der Waals surface area contributed by atoms with Gasteiger partial charge in [0, 0.05) is 24.8 Å². The van der Waals surface area contributed by atoms with Gasteiger partial charge < -0.3 is 29.0 Å². The molecule has 2 heterocycles. The summed E-state index contributed by atoms with van der Waals surface area (Å²) in [5.74, 6) is 0.730. The number of anilines is 1. The molecule has 3 amide bonds. The largest absolute Gasteiger partial charge is 0.508 e. The normalized spacial score (nSPS) is 17.8. The minimum absolute atomic E-state index is 0.0783. The molecule has 1 unspecified atom stereocenters. The summed E-state index contributed by atoms with van der Waals surface area (Å²) < 4.78 is 43.8. The van der Waals surface area contributed by atoms with Gasteiger partial charge in [-0.05, 0) is 84.1 Å². The summed E-state index contributed by atoms with van der Waals surface area (Å²) >= 11 is 1.07. The fourth-order valence-corrected chi connectivity index (χ4v) is 8.29. The van der Waals surface area contributed by atoms with Crippen LogP contribution in [0.4, 0.5) is 10.5 Å². The third-order valence-corrected chi connectivity index (χ3v) is 11.3. The summed E-state index contributed by atoms with van der Waals surface area (Å²) in [5, 5.41) is 14.4. The van der Waals surface area contributed by atoms with Gasteiger partial charge in [-0.2, -0.15) is 17.8 Å². The van der Waals surface area contributed by atoms with E-state index in [1.807, 2.05) is 18.2 Å². The van der Waals surface area contributed by atoms with Crippen molar-refractivity contribution in [2.75, 3.05) is 39.7 Å².